The Kier molecular flexibility index (Phi) is 6.54. The molecular weight excluding hydrogens is 371 g/mol. The van der Waals surface area contributed by atoms with Crippen LogP contribution in [0, 0.1) is 11.7 Å². The van der Waals surface area contributed by atoms with E-state index in [1.165, 1.54) is 12.1 Å². The molecule has 1 aliphatic heterocycles. The van der Waals surface area contributed by atoms with Crippen molar-refractivity contribution < 1.29 is 21.6 Å². The summed E-state index contributed by atoms with van der Waals surface area (Å²) >= 11 is 0. The van der Waals surface area contributed by atoms with Crippen LogP contribution in [-0.4, -0.2) is 44.1 Å². The van der Waals surface area contributed by atoms with Crippen LogP contribution >= 0.6 is 0 Å². The molecule has 1 fully saturated rings. The molecule has 0 radical (unpaired) electrons. The quantitative estimate of drug-likeness (QED) is 0.706. The number of rotatable bonds is 4. The molecule has 1 amide bonds. The molecule has 1 aromatic heterocycles. The highest BCUT2D eigenvalue weighted by Crippen LogP contribution is 2.32. The van der Waals surface area contributed by atoms with Gasteiger partial charge in [-0.3, -0.25) is 9.69 Å². The van der Waals surface area contributed by atoms with Crippen molar-refractivity contribution in [2.45, 2.75) is 45.2 Å². The van der Waals surface area contributed by atoms with E-state index in [1.54, 1.807) is 16.8 Å². The zero-order valence-electron chi connectivity index (χ0n) is 15.8. The highest BCUT2D eigenvalue weighted by molar-refractivity contribution is 5.76. The Morgan fingerprint density at radius 2 is 1.81 bits per heavy atom. The predicted octanol–water partition coefficient (Wildman–Crippen LogP) is -1.14. The van der Waals surface area contributed by atoms with Gasteiger partial charge >= 0.3 is 0 Å². The Labute approximate surface area is 164 Å². The third-order valence-electron chi connectivity index (χ3n) is 4.86. The molecule has 9 heteroatoms. The Balaban J connectivity index is 0.00000261. The summed E-state index contributed by atoms with van der Waals surface area (Å²) in [7, 11) is 0. The van der Waals surface area contributed by atoms with Gasteiger partial charge in [-0.05, 0) is 74.8 Å². The average molecular weight is 396 g/mol. The summed E-state index contributed by atoms with van der Waals surface area (Å²) in [5.41, 5.74) is 6.09. The van der Waals surface area contributed by atoms with Gasteiger partial charge < -0.3 is 18.1 Å². The number of tetrazole rings is 1. The van der Waals surface area contributed by atoms with Crippen LogP contribution in [0.3, 0.4) is 0 Å². The zero-order valence-corrected chi connectivity index (χ0v) is 16.5. The van der Waals surface area contributed by atoms with Crippen LogP contribution in [0.25, 0.3) is 0 Å². The highest BCUT2D eigenvalue weighted by Gasteiger charge is 2.34. The number of primary amides is 1. The zero-order chi connectivity index (χ0) is 18.9. The van der Waals surface area contributed by atoms with Gasteiger partial charge in [0.15, 0.2) is 5.82 Å². The lowest BCUT2D eigenvalue weighted by Crippen LogP contribution is -3.00. The van der Waals surface area contributed by atoms with Gasteiger partial charge in [0.1, 0.15) is 5.82 Å². The Hall–Kier alpha value is -2.06. The maximum Gasteiger partial charge on any atom is 0.220 e. The smallest absolute Gasteiger partial charge is 0.220 e. The SMILES string of the molecule is CC(C)(C)n1nnnc1C(c1ccc(F)cc1)N1CCC(C(N)=O)CC1.[Cl-]. The molecule has 0 bridgehead atoms. The third kappa shape index (κ3) is 4.62. The molecule has 27 heavy (non-hydrogen) atoms. The van der Waals surface area contributed by atoms with Crippen LogP contribution in [0.2, 0.25) is 0 Å². The first kappa shape index (κ1) is 21.2. The number of aromatic nitrogens is 4. The molecule has 148 valence electrons. The van der Waals surface area contributed by atoms with E-state index in [9.17, 15) is 9.18 Å². The molecule has 0 aliphatic carbocycles. The van der Waals surface area contributed by atoms with Crippen LogP contribution in [0.5, 0.6) is 0 Å². The molecule has 2 heterocycles. The normalized spacial score (nSPS) is 17.3. The molecule has 0 saturated carbocycles. The standard InChI is InChI=1S/C18H25FN6O.ClH/c1-18(2,3)25-17(21-22-23-25)15(12-4-6-14(19)7-5-12)24-10-8-13(9-11-24)16(20)26;/h4-7,13,15H,8-11H2,1-3H3,(H2,20,26);1H/p-1. The van der Waals surface area contributed by atoms with E-state index in [4.69, 9.17) is 5.73 Å². The number of benzene rings is 1. The number of hydrogen-bond acceptors (Lipinski definition) is 5. The fourth-order valence-electron chi connectivity index (χ4n) is 3.45. The van der Waals surface area contributed by atoms with Crippen molar-refractivity contribution in [2.24, 2.45) is 11.7 Å². The number of likely N-dealkylation sites (tertiary alicyclic amines) is 1. The number of nitrogens with zero attached hydrogens (tertiary/aromatic N) is 5. The van der Waals surface area contributed by atoms with Crippen molar-refractivity contribution in [3.63, 3.8) is 0 Å². The van der Waals surface area contributed by atoms with E-state index in [2.05, 4.69) is 20.4 Å². The van der Waals surface area contributed by atoms with Crippen molar-refractivity contribution in [3.05, 3.63) is 41.5 Å². The minimum absolute atomic E-state index is 0. The Bertz CT molecular complexity index is 765. The maximum absolute atomic E-state index is 13.4. The lowest BCUT2D eigenvalue weighted by molar-refractivity contribution is -0.123. The fourth-order valence-corrected chi connectivity index (χ4v) is 3.45. The van der Waals surface area contributed by atoms with Crippen molar-refractivity contribution in [3.8, 4) is 0 Å². The lowest BCUT2D eigenvalue weighted by Gasteiger charge is -2.37. The van der Waals surface area contributed by atoms with E-state index in [-0.39, 0.29) is 41.6 Å². The molecule has 7 nitrogen and oxygen atoms in total. The molecule has 2 aromatic rings. The van der Waals surface area contributed by atoms with E-state index in [0.29, 0.717) is 31.8 Å². The molecule has 3 rings (SSSR count). The minimum Gasteiger partial charge on any atom is -1.00 e. The van der Waals surface area contributed by atoms with Gasteiger partial charge in [-0.25, -0.2) is 9.07 Å². The van der Waals surface area contributed by atoms with Gasteiger partial charge in [0.2, 0.25) is 5.91 Å². The summed E-state index contributed by atoms with van der Waals surface area (Å²) in [5.74, 6) is 0.0817. The first-order chi connectivity index (χ1) is 12.3. The Morgan fingerprint density at radius 1 is 1.22 bits per heavy atom. The number of hydrogen-bond donors (Lipinski definition) is 1. The van der Waals surface area contributed by atoms with Crippen LogP contribution in [0.1, 0.15) is 51.0 Å². The topological polar surface area (TPSA) is 89.9 Å². The van der Waals surface area contributed by atoms with Gasteiger partial charge in [0, 0.05) is 5.92 Å². The lowest BCUT2D eigenvalue weighted by atomic mass is 9.93. The third-order valence-corrected chi connectivity index (χ3v) is 4.86. The number of halogens is 2. The second-order valence-electron chi connectivity index (χ2n) is 7.79. The first-order valence-electron chi connectivity index (χ1n) is 8.85. The summed E-state index contributed by atoms with van der Waals surface area (Å²) in [5, 5.41) is 12.3. The summed E-state index contributed by atoms with van der Waals surface area (Å²) in [4.78, 5) is 13.7. The van der Waals surface area contributed by atoms with E-state index >= 15 is 0 Å². The van der Waals surface area contributed by atoms with Crippen LogP contribution in [-0.2, 0) is 10.3 Å². The molecular formula is C18H25ClFN6O-. The van der Waals surface area contributed by atoms with E-state index < -0.39 is 0 Å². The van der Waals surface area contributed by atoms with Crippen LogP contribution in [0.4, 0.5) is 4.39 Å². The minimum atomic E-state index is -0.289. The Morgan fingerprint density at radius 3 is 2.33 bits per heavy atom. The largest absolute Gasteiger partial charge is 1.00 e. The summed E-state index contributed by atoms with van der Waals surface area (Å²) in [6.45, 7) is 7.51. The van der Waals surface area contributed by atoms with Gasteiger partial charge in [0.05, 0.1) is 11.6 Å². The summed E-state index contributed by atoms with van der Waals surface area (Å²) in [6, 6.07) is 6.22. The van der Waals surface area contributed by atoms with Gasteiger partial charge in [0.25, 0.3) is 0 Å². The number of nitrogens with two attached hydrogens (primary N) is 1. The molecule has 2 N–H and O–H groups in total. The molecule has 0 spiro atoms. The summed E-state index contributed by atoms with van der Waals surface area (Å²) < 4.78 is 15.2. The van der Waals surface area contributed by atoms with Crippen LogP contribution < -0.4 is 18.1 Å². The molecule has 1 aliphatic rings. The average Bonchev–Trinajstić information content (AvgIpc) is 3.07. The maximum atomic E-state index is 13.4. The fraction of sp³-hybridized carbons (Fsp3) is 0.556. The number of carbonyl (C=O) groups is 1. The van der Waals surface area contributed by atoms with E-state index in [0.717, 1.165) is 5.56 Å². The molecule has 1 aromatic carbocycles. The monoisotopic (exact) mass is 395 g/mol. The van der Waals surface area contributed by atoms with Crippen molar-refractivity contribution in [1.82, 2.24) is 25.1 Å². The van der Waals surface area contributed by atoms with Gasteiger partial charge in [-0.1, -0.05) is 12.1 Å². The number of amides is 1. The van der Waals surface area contributed by atoms with E-state index in [1.807, 2.05) is 20.8 Å². The van der Waals surface area contributed by atoms with Crippen molar-refractivity contribution >= 4 is 5.91 Å². The molecule has 1 unspecified atom stereocenters. The number of piperidine rings is 1. The van der Waals surface area contributed by atoms with Gasteiger partial charge in [-0.15, -0.1) is 5.10 Å². The van der Waals surface area contributed by atoms with Crippen LogP contribution in [0.15, 0.2) is 24.3 Å². The number of carbonyl (C=O) groups excluding carboxylic acids is 1. The second kappa shape index (κ2) is 8.31. The van der Waals surface area contributed by atoms with Crippen molar-refractivity contribution in [1.29, 1.82) is 0 Å². The summed E-state index contributed by atoms with van der Waals surface area (Å²) in [6.07, 6.45) is 1.40. The molecule has 1 saturated heterocycles. The molecule has 1 atom stereocenters. The first-order valence-corrected chi connectivity index (χ1v) is 8.85. The highest BCUT2D eigenvalue weighted by atomic mass is 35.5. The van der Waals surface area contributed by atoms with Gasteiger partial charge in [-0.2, -0.15) is 0 Å². The van der Waals surface area contributed by atoms with Crippen molar-refractivity contribution in [2.75, 3.05) is 13.1 Å². The predicted molar refractivity (Wildman–Crippen MR) is 94.5 cm³/mol. The second-order valence-corrected chi connectivity index (χ2v) is 7.79.